The molecule has 0 aromatic rings. The molecule has 0 spiro atoms. The lowest BCUT2D eigenvalue weighted by molar-refractivity contribution is 1.67. The highest BCUT2D eigenvalue weighted by molar-refractivity contribution is 6.31. The molecule has 30 valence electrons. The third-order valence-electron chi connectivity index (χ3n) is 0.226. The van der Waals surface area contributed by atoms with Gasteiger partial charge in [-0.15, -0.1) is 5.03 Å². The Morgan fingerprint density at radius 3 is 2.67 bits per heavy atom. The summed E-state index contributed by atoms with van der Waals surface area (Å²) in [5.41, 5.74) is 7.57. The van der Waals surface area contributed by atoms with Crippen LogP contribution in [-0.4, -0.2) is 14.3 Å². The third-order valence-corrected chi connectivity index (χ3v) is 0.226. The van der Waals surface area contributed by atoms with Crippen molar-refractivity contribution in [1.82, 2.24) is 0 Å². The highest BCUT2D eigenvalue weighted by Crippen LogP contribution is 1.61. The van der Waals surface area contributed by atoms with E-state index in [9.17, 15) is 0 Å². The minimum absolute atomic E-state index is 0.135. The lowest BCUT2D eigenvalue weighted by Gasteiger charge is -1.61. The van der Waals surface area contributed by atoms with Gasteiger partial charge in [0.25, 0.3) is 0 Å². The summed E-state index contributed by atoms with van der Waals surface area (Å²) < 4.78 is 0. The summed E-state index contributed by atoms with van der Waals surface area (Å²) in [4.78, 5) is 5.67. The fourth-order valence-electron chi connectivity index (χ4n) is 0.0730. The van der Waals surface area contributed by atoms with Gasteiger partial charge in [-0.25, -0.2) is 0 Å². The van der Waals surface area contributed by atoms with Crippen LogP contribution in [0.25, 0.3) is 10.4 Å². The molecular formula is CH3BN4. The highest BCUT2D eigenvalue weighted by atomic mass is 15.1. The smallest absolute Gasteiger partial charge is 0.354 e. The zero-order valence-corrected chi connectivity index (χ0v) is 3.20. The van der Waals surface area contributed by atoms with Crippen LogP contribution in [0.1, 0.15) is 0 Å². The van der Waals surface area contributed by atoms with Crippen molar-refractivity contribution in [3.05, 3.63) is 10.4 Å². The first kappa shape index (κ1) is 5.04. The number of hydrogen-bond donors (Lipinski definition) is 0. The molecule has 0 saturated heterocycles. The molecule has 0 saturated carbocycles. The molecule has 0 fully saturated rings. The van der Waals surface area contributed by atoms with E-state index >= 15 is 0 Å². The molecule has 0 N–H and O–H groups in total. The Bertz CT molecular complexity index is 81.5. The van der Waals surface area contributed by atoms with Gasteiger partial charge >= 0.3 is 7.55 Å². The minimum Gasteiger partial charge on any atom is -0.354 e. The SMILES string of the molecule is C=NBN=[N+]=[N-]. The van der Waals surface area contributed by atoms with Crippen LogP contribution in [0, 0.1) is 0 Å². The molecule has 0 aliphatic carbocycles. The molecular weight excluding hydrogens is 78.9 g/mol. The number of azide groups is 1. The van der Waals surface area contributed by atoms with Crippen molar-refractivity contribution in [2.24, 2.45) is 9.93 Å². The first-order valence-electron chi connectivity index (χ1n) is 1.35. The van der Waals surface area contributed by atoms with Crippen molar-refractivity contribution in [2.45, 2.75) is 0 Å². The molecule has 0 atom stereocenters. The minimum atomic E-state index is 0.135. The van der Waals surface area contributed by atoms with Crippen LogP contribution in [0.3, 0.4) is 0 Å². The predicted molar refractivity (Wildman–Crippen MR) is 25.8 cm³/mol. The molecule has 0 aromatic carbocycles. The summed E-state index contributed by atoms with van der Waals surface area (Å²) in [6, 6.07) is 0. The third kappa shape index (κ3) is 3.04. The topological polar surface area (TPSA) is 61.1 Å². The van der Waals surface area contributed by atoms with Crippen molar-refractivity contribution in [2.75, 3.05) is 0 Å². The van der Waals surface area contributed by atoms with Gasteiger partial charge < -0.3 is 4.90 Å². The van der Waals surface area contributed by atoms with E-state index < -0.39 is 0 Å². The number of rotatable bonds is 2. The molecule has 0 aromatic heterocycles. The summed E-state index contributed by atoms with van der Waals surface area (Å²) in [5, 5.41) is 3.04. The quantitative estimate of drug-likeness (QED) is 0.151. The molecule has 0 aliphatic rings. The van der Waals surface area contributed by atoms with E-state index in [1.54, 1.807) is 0 Å². The van der Waals surface area contributed by atoms with E-state index in [-0.39, 0.29) is 7.55 Å². The molecule has 5 heteroatoms. The van der Waals surface area contributed by atoms with Gasteiger partial charge in [-0.2, -0.15) is 0 Å². The lowest BCUT2D eigenvalue weighted by atomic mass is 10.2. The van der Waals surface area contributed by atoms with Crippen LogP contribution < -0.4 is 0 Å². The summed E-state index contributed by atoms with van der Waals surface area (Å²) >= 11 is 0. The first-order chi connectivity index (χ1) is 2.91. The van der Waals surface area contributed by atoms with E-state index in [1.165, 1.54) is 0 Å². The van der Waals surface area contributed by atoms with Crippen molar-refractivity contribution < 1.29 is 0 Å². The molecule has 0 aliphatic heterocycles. The van der Waals surface area contributed by atoms with Gasteiger partial charge in [-0.05, 0) is 17.2 Å². The second-order valence-electron chi connectivity index (χ2n) is 0.596. The van der Waals surface area contributed by atoms with Crippen LogP contribution in [0.2, 0.25) is 0 Å². The van der Waals surface area contributed by atoms with Crippen molar-refractivity contribution in [1.29, 1.82) is 0 Å². The normalized spacial score (nSPS) is 5.33. The molecule has 0 rings (SSSR count). The van der Waals surface area contributed by atoms with Crippen LogP contribution >= 0.6 is 0 Å². The predicted octanol–water partition coefficient (Wildman–Crippen LogP) is 0.264. The van der Waals surface area contributed by atoms with E-state index in [2.05, 4.69) is 21.6 Å². The Morgan fingerprint density at radius 2 is 2.50 bits per heavy atom. The monoisotopic (exact) mass is 82.0 g/mol. The van der Waals surface area contributed by atoms with Crippen molar-refractivity contribution >= 4 is 14.3 Å². The van der Waals surface area contributed by atoms with E-state index in [4.69, 9.17) is 5.53 Å². The largest absolute Gasteiger partial charge is 0.357 e. The zero-order chi connectivity index (χ0) is 4.83. The Morgan fingerprint density at radius 1 is 1.83 bits per heavy atom. The number of nitrogens with zero attached hydrogens (tertiary/aromatic N) is 4. The van der Waals surface area contributed by atoms with Gasteiger partial charge in [0.05, 0.1) is 0 Å². The van der Waals surface area contributed by atoms with Gasteiger partial charge in [0.1, 0.15) is 0 Å². The summed E-state index contributed by atoms with van der Waals surface area (Å²) in [6.45, 7) is 3.08. The molecule has 6 heavy (non-hydrogen) atoms. The van der Waals surface area contributed by atoms with Gasteiger partial charge in [0, 0.05) is 0 Å². The van der Waals surface area contributed by atoms with E-state index in [0.717, 1.165) is 0 Å². The van der Waals surface area contributed by atoms with Crippen molar-refractivity contribution in [3.8, 4) is 0 Å². The van der Waals surface area contributed by atoms with E-state index in [0.29, 0.717) is 0 Å². The fourth-order valence-corrected chi connectivity index (χ4v) is 0.0730. The maximum absolute atomic E-state index is 7.57. The Balaban J connectivity index is 3.07. The van der Waals surface area contributed by atoms with Gasteiger partial charge in [0.2, 0.25) is 0 Å². The van der Waals surface area contributed by atoms with Crippen LogP contribution in [0.4, 0.5) is 0 Å². The van der Waals surface area contributed by atoms with Gasteiger partial charge in [-0.1, -0.05) is 0 Å². The lowest BCUT2D eigenvalue weighted by Crippen LogP contribution is -1.68. The average Bonchev–Trinajstić information content (AvgIpc) is 1.61. The molecule has 0 heterocycles. The summed E-state index contributed by atoms with van der Waals surface area (Å²) in [7, 11) is 0.135. The molecule has 4 nitrogen and oxygen atoms in total. The Kier molecular flexibility index (Phi) is 3.40. The van der Waals surface area contributed by atoms with Crippen LogP contribution in [-0.2, 0) is 0 Å². The van der Waals surface area contributed by atoms with Gasteiger partial charge in [-0.3, -0.25) is 0 Å². The highest BCUT2D eigenvalue weighted by Gasteiger charge is 1.66. The van der Waals surface area contributed by atoms with E-state index in [1.807, 2.05) is 0 Å². The zero-order valence-electron chi connectivity index (χ0n) is 3.20. The molecule has 0 bridgehead atoms. The second-order valence-corrected chi connectivity index (χ2v) is 0.596. The second kappa shape index (κ2) is 4.04. The molecule has 0 amide bonds. The molecule has 0 unspecified atom stereocenters. The first-order valence-corrected chi connectivity index (χ1v) is 1.35. The maximum Gasteiger partial charge on any atom is 0.357 e. The van der Waals surface area contributed by atoms with Crippen LogP contribution in [0.5, 0.6) is 0 Å². The average molecular weight is 81.9 g/mol. The van der Waals surface area contributed by atoms with Crippen molar-refractivity contribution in [3.63, 3.8) is 0 Å². The van der Waals surface area contributed by atoms with Gasteiger partial charge in [0.15, 0.2) is 0 Å². The molecule has 0 radical (unpaired) electrons. The maximum atomic E-state index is 7.57. The Hall–Kier alpha value is -0.955. The number of hydrogen-bond acceptors (Lipinski definition) is 2. The fraction of sp³-hybridized carbons (Fsp3) is 0. The summed E-state index contributed by atoms with van der Waals surface area (Å²) in [5.74, 6) is 0. The Labute approximate surface area is 35.8 Å². The van der Waals surface area contributed by atoms with Crippen LogP contribution in [0.15, 0.2) is 9.93 Å². The standard InChI is InChI=1S/CH3BN4/c1-4-2-5-6-3/h2H,1H2. The summed E-state index contributed by atoms with van der Waals surface area (Å²) in [6.07, 6.45) is 0.